The predicted molar refractivity (Wildman–Crippen MR) is 83.5 cm³/mol. The molecule has 0 radical (unpaired) electrons. The molecule has 1 unspecified atom stereocenters. The molecule has 2 rings (SSSR count). The van der Waals surface area contributed by atoms with Gasteiger partial charge in [-0.1, -0.05) is 48.0 Å². The van der Waals surface area contributed by atoms with Gasteiger partial charge in [0.1, 0.15) is 12.4 Å². The molecule has 0 saturated carbocycles. The van der Waals surface area contributed by atoms with E-state index in [0.717, 1.165) is 28.0 Å². The molecule has 3 heteroatoms. The first-order valence-electron chi connectivity index (χ1n) is 7.16. The Morgan fingerprint density at radius 2 is 1.81 bits per heavy atom. The Kier molecular flexibility index (Phi) is 5.37. The van der Waals surface area contributed by atoms with Gasteiger partial charge >= 0.3 is 0 Å². The van der Waals surface area contributed by atoms with E-state index in [2.05, 4.69) is 6.07 Å². The van der Waals surface area contributed by atoms with Crippen molar-refractivity contribution in [3.8, 4) is 5.75 Å². The van der Waals surface area contributed by atoms with E-state index < -0.39 is 6.10 Å². The summed E-state index contributed by atoms with van der Waals surface area (Å²) >= 11 is 0. The largest absolute Gasteiger partial charge is 0.488 e. The zero-order valence-electron chi connectivity index (χ0n) is 12.5. The SMILES string of the molecule is Cc1cc(C)c(OCc2ccccc2)c(CC(O)CO)c1. The molecule has 0 aliphatic carbocycles. The first-order chi connectivity index (χ1) is 10.1. The fourth-order valence-electron chi connectivity index (χ4n) is 2.45. The predicted octanol–water partition coefficient (Wildman–Crippen LogP) is 2.78. The van der Waals surface area contributed by atoms with E-state index in [1.54, 1.807) is 0 Å². The number of ether oxygens (including phenoxy) is 1. The summed E-state index contributed by atoms with van der Waals surface area (Å²) in [5.41, 5.74) is 4.21. The smallest absolute Gasteiger partial charge is 0.126 e. The number of benzene rings is 2. The summed E-state index contributed by atoms with van der Waals surface area (Å²) in [7, 11) is 0. The van der Waals surface area contributed by atoms with Crippen LogP contribution in [0.5, 0.6) is 5.75 Å². The molecule has 0 bridgehead atoms. The third-order valence-electron chi connectivity index (χ3n) is 3.39. The molecule has 0 spiro atoms. The summed E-state index contributed by atoms with van der Waals surface area (Å²) in [6, 6.07) is 14.1. The van der Waals surface area contributed by atoms with Crippen LogP contribution in [0.2, 0.25) is 0 Å². The lowest BCUT2D eigenvalue weighted by molar-refractivity contribution is 0.0947. The zero-order chi connectivity index (χ0) is 15.2. The van der Waals surface area contributed by atoms with Crippen molar-refractivity contribution in [2.24, 2.45) is 0 Å². The van der Waals surface area contributed by atoms with Crippen LogP contribution in [0.1, 0.15) is 22.3 Å². The molecule has 0 fully saturated rings. The van der Waals surface area contributed by atoms with Gasteiger partial charge in [0.05, 0.1) is 12.7 Å². The highest BCUT2D eigenvalue weighted by atomic mass is 16.5. The Bertz CT molecular complexity index is 579. The molecule has 0 aliphatic rings. The maximum Gasteiger partial charge on any atom is 0.126 e. The van der Waals surface area contributed by atoms with Crippen molar-refractivity contribution in [3.05, 3.63) is 64.7 Å². The zero-order valence-corrected chi connectivity index (χ0v) is 12.5. The quantitative estimate of drug-likeness (QED) is 0.858. The van der Waals surface area contributed by atoms with E-state index in [1.807, 2.05) is 50.2 Å². The molecule has 3 nitrogen and oxygen atoms in total. The fraction of sp³-hybridized carbons (Fsp3) is 0.333. The van der Waals surface area contributed by atoms with Gasteiger partial charge in [-0.3, -0.25) is 0 Å². The topological polar surface area (TPSA) is 49.7 Å². The molecular weight excluding hydrogens is 264 g/mol. The Balaban J connectivity index is 2.20. The van der Waals surface area contributed by atoms with E-state index in [4.69, 9.17) is 9.84 Å². The number of hydrogen-bond acceptors (Lipinski definition) is 3. The van der Waals surface area contributed by atoms with Crippen LogP contribution in [0.4, 0.5) is 0 Å². The molecule has 0 saturated heterocycles. The number of aliphatic hydroxyl groups excluding tert-OH is 2. The first-order valence-corrected chi connectivity index (χ1v) is 7.16. The molecule has 0 aromatic heterocycles. The molecule has 0 aliphatic heterocycles. The summed E-state index contributed by atoms with van der Waals surface area (Å²) in [5.74, 6) is 0.803. The van der Waals surface area contributed by atoms with Gasteiger partial charge in [-0.05, 0) is 30.5 Å². The molecule has 2 aromatic rings. The van der Waals surface area contributed by atoms with E-state index in [0.29, 0.717) is 13.0 Å². The Hall–Kier alpha value is -1.84. The molecule has 0 heterocycles. The van der Waals surface area contributed by atoms with Crippen molar-refractivity contribution in [1.82, 2.24) is 0 Å². The lowest BCUT2D eigenvalue weighted by Crippen LogP contribution is -2.16. The third-order valence-corrected chi connectivity index (χ3v) is 3.39. The fourth-order valence-corrected chi connectivity index (χ4v) is 2.45. The summed E-state index contributed by atoms with van der Waals surface area (Å²) in [5, 5.41) is 18.7. The van der Waals surface area contributed by atoms with E-state index in [1.165, 1.54) is 0 Å². The van der Waals surface area contributed by atoms with Crippen LogP contribution >= 0.6 is 0 Å². The summed E-state index contributed by atoms with van der Waals surface area (Å²) in [6.45, 7) is 4.27. The lowest BCUT2D eigenvalue weighted by atomic mass is 10.0. The van der Waals surface area contributed by atoms with E-state index >= 15 is 0 Å². The van der Waals surface area contributed by atoms with Crippen LogP contribution in [-0.4, -0.2) is 22.9 Å². The van der Waals surface area contributed by atoms with Crippen LogP contribution in [0.25, 0.3) is 0 Å². The summed E-state index contributed by atoms with van der Waals surface area (Å²) in [4.78, 5) is 0. The van der Waals surface area contributed by atoms with Crippen LogP contribution in [0, 0.1) is 13.8 Å². The van der Waals surface area contributed by atoms with Gasteiger partial charge in [0, 0.05) is 6.42 Å². The Morgan fingerprint density at radius 1 is 1.10 bits per heavy atom. The number of aryl methyl sites for hydroxylation is 2. The molecule has 2 aromatic carbocycles. The molecular formula is C18H22O3. The van der Waals surface area contributed by atoms with Crippen molar-refractivity contribution in [3.63, 3.8) is 0 Å². The number of aliphatic hydroxyl groups is 2. The minimum absolute atomic E-state index is 0.245. The normalized spacial score (nSPS) is 12.2. The minimum Gasteiger partial charge on any atom is -0.488 e. The molecule has 1 atom stereocenters. The van der Waals surface area contributed by atoms with Crippen molar-refractivity contribution in [1.29, 1.82) is 0 Å². The summed E-state index contributed by atoms with van der Waals surface area (Å²) in [6.07, 6.45) is -0.367. The van der Waals surface area contributed by atoms with Crippen LogP contribution in [-0.2, 0) is 13.0 Å². The van der Waals surface area contributed by atoms with E-state index in [-0.39, 0.29) is 6.61 Å². The molecule has 21 heavy (non-hydrogen) atoms. The van der Waals surface area contributed by atoms with Crippen LogP contribution in [0.15, 0.2) is 42.5 Å². The highest BCUT2D eigenvalue weighted by Gasteiger charge is 2.13. The maximum absolute atomic E-state index is 9.70. The standard InChI is InChI=1S/C18H22O3/c1-13-8-14(2)18(16(9-13)10-17(20)11-19)21-12-15-6-4-3-5-7-15/h3-9,17,19-20H,10-12H2,1-2H3. The van der Waals surface area contributed by atoms with Gasteiger partial charge in [-0.2, -0.15) is 0 Å². The highest BCUT2D eigenvalue weighted by molar-refractivity contribution is 5.44. The average Bonchev–Trinajstić information content (AvgIpc) is 2.47. The third kappa shape index (κ3) is 4.31. The van der Waals surface area contributed by atoms with Gasteiger partial charge in [-0.25, -0.2) is 0 Å². The number of rotatable bonds is 6. The van der Waals surface area contributed by atoms with Gasteiger partial charge in [0.15, 0.2) is 0 Å². The second kappa shape index (κ2) is 7.25. The van der Waals surface area contributed by atoms with Gasteiger partial charge in [0.2, 0.25) is 0 Å². The molecule has 2 N–H and O–H groups in total. The second-order valence-electron chi connectivity index (χ2n) is 5.38. The van der Waals surface area contributed by atoms with Gasteiger partial charge in [0.25, 0.3) is 0 Å². The minimum atomic E-state index is -0.759. The highest BCUT2D eigenvalue weighted by Crippen LogP contribution is 2.27. The van der Waals surface area contributed by atoms with Crippen molar-refractivity contribution < 1.29 is 14.9 Å². The van der Waals surface area contributed by atoms with Crippen molar-refractivity contribution in [2.45, 2.75) is 33.0 Å². The van der Waals surface area contributed by atoms with Crippen molar-refractivity contribution in [2.75, 3.05) is 6.61 Å². The maximum atomic E-state index is 9.70. The van der Waals surface area contributed by atoms with Gasteiger partial charge in [-0.15, -0.1) is 0 Å². The monoisotopic (exact) mass is 286 g/mol. The lowest BCUT2D eigenvalue weighted by Gasteiger charge is -2.17. The Labute approximate surface area is 125 Å². The molecule has 0 amide bonds. The Morgan fingerprint density at radius 3 is 2.48 bits per heavy atom. The van der Waals surface area contributed by atoms with Gasteiger partial charge < -0.3 is 14.9 Å². The number of hydrogen-bond donors (Lipinski definition) is 2. The molecule has 112 valence electrons. The van der Waals surface area contributed by atoms with E-state index in [9.17, 15) is 5.11 Å². The van der Waals surface area contributed by atoms with Crippen LogP contribution < -0.4 is 4.74 Å². The second-order valence-corrected chi connectivity index (χ2v) is 5.38. The average molecular weight is 286 g/mol. The summed E-state index contributed by atoms with van der Waals surface area (Å²) < 4.78 is 5.96. The first kappa shape index (κ1) is 15.5. The van der Waals surface area contributed by atoms with Crippen LogP contribution in [0.3, 0.4) is 0 Å². The van der Waals surface area contributed by atoms with Crippen molar-refractivity contribution >= 4 is 0 Å².